The molecule has 0 aromatic rings. The van der Waals surface area contributed by atoms with Gasteiger partial charge in [0.1, 0.15) is 0 Å². The van der Waals surface area contributed by atoms with Gasteiger partial charge in [-0.25, -0.2) is 0 Å². The number of rotatable bonds is 4. The molecule has 4 rings (SSSR count). The van der Waals surface area contributed by atoms with Crippen LogP contribution < -0.4 is 5.73 Å². The second kappa shape index (κ2) is 4.00. The van der Waals surface area contributed by atoms with Gasteiger partial charge in [0, 0.05) is 0 Å². The van der Waals surface area contributed by atoms with Crippen LogP contribution in [0.4, 0.5) is 0 Å². The number of hydrogen-bond acceptors (Lipinski definition) is 1. The van der Waals surface area contributed by atoms with Crippen molar-refractivity contribution in [2.75, 3.05) is 0 Å². The molecular formula is C15H25NO. The zero-order chi connectivity index (χ0) is 12.0. The lowest BCUT2D eigenvalue weighted by atomic mass is 9.44. The highest BCUT2D eigenvalue weighted by molar-refractivity contribution is 5.81. The molecule has 0 aliphatic heterocycles. The fourth-order valence-corrected chi connectivity index (χ4v) is 5.47. The van der Waals surface area contributed by atoms with Gasteiger partial charge in [0.25, 0.3) is 0 Å². The van der Waals surface area contributed by atoms with E-state index in [0.29, 0.717) is 5.92 Å². The van der Waals surface area contributed by atoms with Crippen molar-refractivity contribution in [3.63, 3.8) is 0 Å². The number of nitrogens with two attached hydrogens (primary N) is 1. The molecule has 0 radical (unpaired) electrons. The first-order valence-corrected chi connectivity index (χ1v) is 7.45. The zero-order valence-corrected chi connectivity index (χ0v) is 11.0. The second-order valence-electron chi connectivity index (χ2n) is 6.88. The van der Waals surface area contributed by atoms with Crippen LogP contribution in [0.15, 0.2) is 0 Å². The van der Waals surface area contributed by atoms with Gasteiger partial charge in [0.15, 0.2) is 0 Å². The molecule has 0 aromatic heterocycles. The third-order valence-electron chi connectivity index (χ3n) is 5.88. The van der Waals surface area contributed by atoms with Crippen molar-refractivity contribution in [3.8, 4) is 0 Å². The first-order valence-electron chi connectivity index (χ1n) is 7.45. The summed E-state index contributed by atoms with van der Waals surface area (Å²) in [5.74, 6) is 3.10. The summed E-state index contributed by atoms with van der Waals surface area (Å²) in [5.41, 5.74) is 5.72. The van der Waals surface area contributed by atoms with Crippen LogP contribution in [0.1, 0.15) is 58.3 Å². The van der Waals surface area contributed by atoms with E-state index < -0.39 is 0 Å². The smallest absolute Gasteiger partial charge is 0.223 e. The van der Waals surface area contributed by atoms with E-state index >= 15 is 0 Å². The van der Waals surface area contributed by atoms with E-state index in [1.54, 1.807) is 0 Å². The van der Waals surface area contributed by atoms with E-state index in [9.17, 15) is 4.79 Å². The molecule has 0 saturated heterocycles. The Labute approximate surface area is 104 Å². The van der Waals surface area contributed by atoms with Gasteiger partial charge in [-0.1, -0.05) is 19.8 Å². The van der Waals surface area contributed by atoms with Crippen LogP contribution in [0.2, 0.25) is 0 Å². The Bertz CT molecular complexity index is 311. The second-order valence-corrected chi connectivity index (χ2v) is 6.88. The maximum Gasteiger partial charge on any atom is 0.223 e. The molecular weight excluding hydrogens is 210 g/mol. The summed E-state index contributed by atoms with van der Waals surface area (Å²) in [6.45, 7) is 2.24. The van der Waals surface area contributed by atoms with Crippen molar-refractivity contribution in [2.24, 2.45) is 34.8 Å². The van der Waals surface area contributed by atoms with E-state index in [2.05, 4.69) is 6.92 Å². The molecule has 3 unspecified atom stereocenters. The van der Waals surface area contributed by atoms with Gasteiger partial charge in [-0.3, -0.25) is 4.79 Å². The maximum atomic E-state index is 12.0. The molecule has 1 amide bonds. The molecule has 4 saturated carbocycles. The van der Waals surface area contributed by atoms with E-state index in [-0.39, 0.29) is 11.3 Å². The van der Waals surface area contributed by atoms with Crippen LogP contribution in [0.5, 0.6) is 0 Å². The number of amides is 1. The van der Waals surface area contributed by atoms with E-state index in [1.165, 1.54) is 38.5 Å². The van der Waals surface area contributed by atoms with Gasteiger partial charge in [-0.2, -0.15) is 0 Å². The maximum absolute atomic E-state index is 12.0. The van der Waals surface area contributed by atoms with Gasteiger partial charge in [-0.05, 0) is 62.2 Å². The predicted molar refractivity (Wildman–Crippen MR) is 68.2 cm³/mol. The Morgan fingerprint density at radius 2 is 1.88 bits per heavy atom. The molecule has 17 heavy (non-hydrogen) atoms. The molecule has 96 valence electrons. The van der Waals surface area contributed by atoms with Crippen molar-refractivity contribution in [1.82, 2.24) is 0 Å². The molecule has 4 fully saturated rings. The fraction of sp³-hybridized carbons (Fsp3) is 0.933. The zero-order valence-electron chi connectivity index (χ0n) is 11.0. The van der Waals surface area contributed by atoms with Gasteiger partial charge in [0.2, 0.25) is 5.91 Å². The number of primary amides is 1. The molecule has 4 aliphatic rings. The quantitative estimate of drug-likeness (QED) is 0.799. The third-order valence-corrected chi connectivity index (χ3v) is 5.88. The average molecular weight is 235 g/mol. The number of carbonyl (C=O) groups excluding carboxylic acids is 1. The van der Waals surface area contributed by atoms with Crippen LogP contribution in [0.3, 0.4) is 0 Å². The minimum Gasteiger partial charge on any atom is -0.369 e. The standard InChI is InChI=1S/C15H25NO/c1-2-3-4-13-12-6-10-5-11(7-12)9-15(13,8-10)14(16)17/h10-13H,2-9H2,1H3,(H2,16,17). The van der Waals surface area contributed by atoms with Crippen molar-refractivity contribution in [3.05, 3.63) is 0 Å². The van der Waals surface area contributed by atoms with Crippen LogP contribution >= 0.6 is 0 Å². The van der Waals surface area contributed by atoms with E-state index in [0.717, 1.165) is 30.6 Å². The summed E-state index contributed by atoms with van der Waals surface area (Å²) in [5, 5.41) is 0. The largest absolute Gasteiger partial charge is 0.369 e. The van der Waals surface area contributed by atoms with Gasteiger partial charge < -0.3 is 5.73 Å². The van der Waals surface area contributed by atoms with Gasteiger partial charge in [-0.15, -0.1) is 0 Å². The summed E-state index contributed by atoms with van der Waals surface area (Å²) in [7, 11) is 0. The van der Waals surface area contributed by atoms with E-state index in [1.807, 2.05) is 0 Å². The lowest BCUT2D eigenvalue weighted by Crippen LogP contribution is -2.58. The summed E-state index contributed by atoms with van der Waals surface area (Å²) < 4.78 is 0. The lowest BCUT2D eigenvalue weighted by Gasteiger charge is -2.60. The highest BCUT2D eigenvalue weighted by atomic mass is 16.1. The lowest BCUT2D eigenvalue weighted by molar-refractivity contribution is -0.157. The summed E-state index contributed by atoms with van der Waals surface area (Å²) in [4.78, 5) is 12.0. The predicted octanol–water partition coefficient (Wildman–Crippen LogP) is 3.10. The van der Waals surface area contributed by atoms with Crippen molar-refractivity contribution >= 4 is 5.91 Å². The Hall–Kier alpha value is -0.530. The van der Waals surface area contributed by atoms with Crippen LogP contribution in [-0.4, -0.2) is 5.91 Å². The van der Waals surface area contributed by atoms with Crippen molar-refractivity contribution < 1.29 is 4.79 Å². The molecule has 4 bridgehead atoms. The van der Waals surface area contributed by atoms with Crippen LogP contribution in [-0.2, 0) is 4.79 Å². The summed E-state index contributed by atoms with van der Waals surface area (Å²) in [6.07, 6.45) is 10.1. The molecule has 2 N–H and O–H groups in total. The Balaban J connectivity index is 1.88. The molecule has 2 heteroatoms. The first-order chi connectivity index (χ1) is 8.15. The molecule has 0 heterocycles. The Morgan fingerprint density at radius 3 is 2.41 bits per heavy atom. The summed E-state index contributed by atoms with van der Waals surface area (Å²) in [6, 6.07) is 0. The Kier molecular flexibility index (Phi) is 2.72. The SMILES string of the molecule is CCCCC1C2CC3CC(C2)CC1(C(N)=O)C3. The van der Waals surface area contributed by atoms with Crippen LogP contribution in [0, 0.1) is 29.1 Å². The summed E-state index contributed by atoms with van der Waals surface area (Å²) >= 11 is 0. The molecule has 0 aromatic carbocycles. The topological polar surface area (TPSA) is 43.1 Å². The fourth-order valence-electron chi connectivity index (χ4n) is 5.47. The molecule has 2 nitrogen and oxygen atoms in total. The number of carbonyl (C=O) groups is 1. The normalized spacial score (nSPS) is 47.4. The van der Waals surface area contributed by atoms with Gasteiger partial charge >= 0.3 is 0 Å². The average Bonchev–Trinajstić information content (AvgIpc) is 2.27. The number of hydrogen-bond donors (Lipinski definition) is 1. The molecule has 4 aliphatic carbocycles. The monoisotopic (exact) mass is 235 g/mol. The van der Waals surface area contributed by atoms with Gasteiger partial charge in [0.05, 0.1) is 5.41 Å². The van der Waals surface area contributed by atoms with Crippen molar-refractivity contribution in [1.29, 1.82) is 0 Å². The Morgan fingerprint density at radius 1 is 1.24 bits per heavy atom. The molecule has 0 spiro atoms. The minimum atomic E-state index is -0.0933. The first kappa shape index (κ1) is 11.6. The van der Waals surface area contributed by atoms with Crippen LogP contribution in [0.25, 0.3) is 0 Å². The minimum absolute atomic E-state index is 0.0257. The van der Waals surface area contributed by atoms with Crippen molar-refractivity contribution in [2.45, 2.75) is 58.3 Å². The number of unbranched alkanes of at least 4 members (excludes halogenated alkanes) is 1. The third kappa shape index (κ3) is 1.63. The molecule has 3 atom stereocenters. The highest BCUT2D eigenvalue weighted by Gasteiger charge is 2.59. The highest BCUT2D eigenvalue weighted by Crippen LogP contribution is 2.63. The van der Waals surface area contributed by atoms with E-state index in [4.69, 9.17) is 5.73 Å².